The van der Waals surface area contributed by atoms with E-state index < -0.39 is 71.0 Å². The molecule has 0 aromatic carbocycles. The Morgan fingerprint density at radius 2 is 1.53 bits per heavy atom. The summed E-state index contributed by atoms with van der Waals surface area (Å²) < 4.78 is 11.3. The van der Waals surface area contributed by atoms with Gasteiger partial charge in [0.1, 0.15) is 18.3 Å². The minimum absolute atomic E-state index is 0.0256. The topological polar surface area (TPSA) is 177 Å². The molecule has 10 nitrogen and oxygen atoms in total. The van der Waals surface area contributed by atoms with Crippen molar-refractivity contribution in [2.24, 2.45) is 50.2 Å². The highest BCUT2D eigenvalue weighted by Crippen LogP contribution is 2.75. The molecule has 6 aliphatic rings. The Morgan fingerprint density at radius 3 is 2.20 bits per heavy atom. The van der Waals surface area contributed by atoms with Crippen LogP contribution in [0, 0.1) is 50.2 Å². The van der Waals surface area contributed by atoms with E-state index in [9.17, 15) is 40.5 Å². The highest BCUT2D eigenvalue weighted by molar-refractivity contribution is 5.79. The van der Waals surface area contributed by atoms with Gasteiger partial charge in [-0.05, 0) is 84.9 Å². The van der Waals surface area contributed by atoms with E-state index in [1.165, 1.54) is 5.57 Å². The Balaban J connectivity index is 1.39. The molecule has 0 unspecified atom stereocenters. The Kier molecular flexibility index (Phi) is 8.03. The van der Waals surface area contributed by atoms with E-state index >= 15 is 0 Å². The number of fused-ring (bicyclic) bond motifs is 7. The van der Waals surface area contributed by atoms with Crippen molar-refractivity contribution < 1.29 is 50.0 Å². The van der Waals surface area contributed by atoms with Gasteiger partial charge in [-0.2, -0.15) is 0 Å². The fourth-order valence-corrected chi connectivity index (χ4v) is 12.0. The summed E-state index contributed by atoms with van der Waals surface area (Å²) in [6.45, 7) is 12.3. The third-order valence-electron chi connectivity index (χ3n) is 14.7. The van der Waals surface area contributed by atoms with Gasteiger partial charge in [-0.1, -0.05) is 53.2 Å². The number of ether oxygens (including phenoxy) is 2. The Bertz CT molecular complexity index is 1220. The molecular weight excluding hydrogens is 580 g/mol. The summed E-state index contributed by atoms with van der Waals surface area (Å²) in [5.74, 6) is -0.905. The second-order valence-electron chi connectivity index (χ2n) is 17.6. The Morgan fingerprint density at radius 1 is 0.867 bits per heavy atom. The molecule has 6 rings (SSSR count). The van der Waals surface area contributed by atoms with Gasteiger partial charge in [0.05, 0.1) is 36.9 Å². The van der Waals surface area contributed by atoms with Gasteiger partial charge in [0, 0.05) is 11.3 Å². The highest BCUT2D eigenvalue weighted by atomic mass is 16.7. The molecule has 10 heteroatoms. The molecule has 256 valence electrons. The zero-order chi connectivity index (χ0) is 33.1. The summed E-state index contributed by atoms with van der Waals surface area (Å²) in [6.07, 6.45) is -1.29. The van der Waals surface area contributed by atoms with Crippen LogP contribution in [0.4, 0.5) is 0 Å². The second kappa shape index (κ2) is 10.7. The lowest BCUT2D eigenvalue weighted by molar-refractivity contribution is -0.277. The SMILES string of the molecule is CC1(C)CC[C@]2(C(=O)O[C@@H]3OC[C@H](O)[C@H](O)[C@H]3O)CC[C@]3(C)C(=CC[C@@H]4[C@@]5(C)C[C@H](O)[C@H](O)[C@@](C)(CO)[C@@H]5[C@H](O)C[C@]43C)[C@@H]2C1. The maximum atomic E-state index is 14.3. The molecule has 0 spiro atoms. The van der Waals surface area contributed by atoms with Gasteiger partial charge in [0.15, 0.2) is 0 Å². The van der Waals surface area contributed by atoms with Gasteiger partial charge in [0.2, 0.25) is 6.29 Å². The van der Waals surface area contributed by atoms with E-state index in [-0.39, 0.29) is 41.3 Å². The molecule has 5 aliphatic carbocycles. The summed E-state index contributed by atoms with van der Waals surface area (Å²) in [5, 5.41) is 75.4. The molecule has 5 fully saturated rings. The van der Waals surface area contributed by atoms with Gasteiger partial charge < -0.3 is 45.2 Å². The van der Waals surface area contributed by atoms with Gasteiger partial charge in [-0.15, -0.1) is 0 Å². The van der Waals surface area contributed by atoms with Crippen LogP contribution in [-0.2, 0) is 14.3 Å². The van der Waals surface area contributed by atoms with Gasteiger partial charge in [-0.3, -0.25) is 4.79 Å². The number of allylic oxidation sites excluding steroid dienone is 2. The number of carbonyl (C=O) groups excluding carboxylic acids is 1. The molecule has 0 aromatic rings. The fraction of sp³-hybridized carbons (Fsp3) is 0.914. The highest BCUT2D eigenvalue weighted by Gasteiger charge is 2.72. The maximum absolute atomic E-state index is 14.3. The largest absolute Gasteiger partial charge is 0.432 e. The lowest BCUT2D eigenvalue weighted by Crippen LogP contribution is -2.71. The smallest absolute Gasteiger partial charge is 0.315 e. The zero-order valence-corrected chi connectivity index (χ0v) is 27.8. The van der Waals surface area contributed by atoms with Crippen molar-refractivity contribution >= 4 is 5.97 Å². The minimum atomic E-state index is -1.55. The molecule has 1 saturated heterocycles. The van der Waals surface area contributed by atoms with Gasteiger partial charge >= 0.3 is 5.97 Å². The molecule has 4 saturated carbocycles. The van der Waals surface area contributed by atoms with Crippen molar-refractivity contribution in [2.75, 3.05) is 13.2 Å². The third kappa shape index (κ3) is 4.52. The molecule has 1 heterocycles. The number of hydrogen-bond donors (Lipinski definition) is 7. The van der Waals surface area contributed by atoms with Crippen molar-refractivity contribution in [3.05, 3.63) is 11.6 Å². The lowest BCUT2D eigenvalue weighted by Gasteiger charge is -2.72. The molecule has 0 bridgehead atoms. The normalized spacial score (nSPS) is 55.7. The van der Waals surface area contributed by atoms with Crippen molar-refractivity contribution in [2.45, 2.75) is 136 Å². The zero-order valence-electron chi connectivity index (χ0n) is 27.8. The average molecular weight is 637 g/mol. The summed E-state index contributed by atoms with van der Waals surface area (Å²) in [5.41, 5.74) is -2.01. The van der Waals surface area contributed by atoms with E-state index in [0.29, 0.717) is 38.5 Å². The Labute approximate surface area is 266 Å². The molecule has 0 aromatic heterocycles. The first kappa shape index (κ1) is 33.8. The average Bonchev–Trinajstić information content (AvgIpc) is 2.96. The number of carbonyl (C=O) groups is 1. The van der Waals surface area contributed by atoms with Crippen LogP contribution in [0.25, 0.3) is 0 Å². The standard InChI is InChI=1S/C35H56O10/c1-30(2)9-11-35(29(43)45-28-25(41)24(40)22(39)16-44-28)12-10-33(5)18(19(35)13-30)7-8-23-31(3)14-21(38)27(42)32(4,17-36)26(31)20(37)15-34(23,33)6/h7,19-28,36-42H,8-17H2,1-6H3/t19-,20+,21-,22-,23+,24-,25+,26+,27-,28-,31+,32-,33+,34+,35-/m0/s1. The lowest BCUT2D eigenvalue weighted by atomic mass is 9.33. The maximum Gasteiger partial charge on any atom is 0.315 e. The van der Waals surface area contributed by atoms with Crippen LogP contribution < -0.4 is 0 Å². The van der Waals surface area contributed by atoms with Gasteiger partial charge in [-0.25, -0.2) is 0 Å². The summed E-state index contributed by atoms with van der Waals surface area (Å²) in [6, 6.07) is 0. The van der Waals surface area contributed by atoms with Crippen molar-refractivity contribution in [1.82, 2.24) is 0 Å². The molecule has 45 heavy (non-hydrogen) atoms. The van der Waals surface area contributed by atoms with Crippen molar-refractivity contribution in [1.29, 1.82) is 0 Å². The minimum Gasteiger partial charge on any atom is -0.432 e. The van der Waals surface area contributed by atoms with Crippen LogP contribution in [0.1, 0.15) is 92.9 Å². The molecule has 7 N–H and O–H groups in total. The molecule has 0 amide bonds. The number of esters is 1. The van der Waals surface area contributed by atoms with Crippen molar-refractivity contribution in [3.8, 4) is 0 Å². The van der Waals surface area contributed by atoms with Crippen molar-refractivity contribution in [3.63, 3.8) is 0 Å². The molecule has 0 radical (unpaired) electrons. The van der Waals surface area contributed by atoms with E-state index in [1.807, 2.05) is 0 Å². The quantitative estimate of drug-likeness (QED) is 0.179. The Hall–Kier alpha value is -1.11. The number of aliphatic hydroxyl groups excluding tert-OH is 7. The van der Waals surface area contributed by atoms with E-state index in [4.69, 9.17) is 9.47 Å². The molecular formula is C35H56O10. The predicted molar refractivity (Wildman–Crippen MR) is 163 cm³/mol. The second-order valence-corrected chi connectivity index (χ2v) is 17.6. The fourth-order valence-electron chi connectivity index (χ4n) is 12.0. The number of hydrogen-bond acceptors (Lipinski definition) is 10. The summed E-state index contributed by atoms with van der Waals surface area (Å²) in [7, 11) is 0. The van der Waals surface area contributed by atoms with Crippen LogP contribution in [0.15, 0.2) is 11.6 Å². The van der Waals surface area contributed by atoms with E-state index in [1.54, 1.807) is 6.92 Å². The number of rotatable bonds is 3. The first-order chi connectivity index (χ1) is 20.8. The third-order valence-corrected chi connectivity index (χ3v) is 14.7. The predicted octanol–water partition coefficient (Wildman–Crippen LogP) is 2.05. The summed E-state index contributed by atoms with van der Waals surface area (Å²) >= 11 is 0. The molecule has 15 atom stereocenters. The van der Waals surface area contributed by atoms with Crippen LogP contribution in [0.5, 0.6) is 0 Å². The monoisotopic (exact) mass is 636 g/mol. The molecule has 1 aliphatic heterocycles. The first-order valence-electron chi connectivity index (χ1n) is 17.0. The van der Waals surface area contributed by atoms with Crippen LogP contribution in [0.2, 0.25) is 0 Å². The number of aliphatic hydroxyl groups is 7. The van der Waals surface area contributed by atoms with Crippen LogP contribution in [-0.4, -0.2) is 97.8 Å². The van der Waals surface area contributed by atoms with Gasteiger partial charge in [0.25, 0.3) is 0 Å². The van der Waals surface area contributed by atoms with Crippen LogP contribution >= 0.6 is 0 Å². The van der Waals surface area contributed by atoms with Crippen LogP contribution in [0.3, 0.4) is 0 Å². The summed E-state index contributed by atoms with van der Waals surface area (Å²) in [4.78, 5) is 14.3. The van der Waals surface area contributed by atoms with E-state index in [0.717, 1.165) is 12.8 Å². The van der Waals surface area contributed by atoms with E-state index in [2.05, 4.69) is 40.7 Å². The first-order valence-corrected chi connectivity index (χ1v) is 17.0.